The molecule has 1 aromatic rings. The lowest BCUT2D eigenvalue weighted by Crippen LogP contribution is -2.37. The number of anilines is 1. The molecule has 1 fully saturated rings. The number of aromatic nitrogens is 2. The van der Waals surface area contributed by atoms with Gasteiger partial charge in [0.25, 0.3) is 0 Å². The van der Waals surface area contributed by atoms with Gasteiger partial charge in [-0.15, -0.1) is 0 Å². The van der Waals surface area contributed by atoms with Crippen molar-refractivity contribution in [3.63, 3.8) is 0 Å². The zero-order chi connectivity index (χ0) is 14.7. The predicted octanol–water partition coefficient (Wildman–Crippen LogP) is 3.03. The van der Waals surface area contributed by atoms with Crippen LogP contribution in [0, 0.1) is 5.92 Å². The number of piperidine rings is 1. The van der Waals surface area contributed by atoms with Crippen LogP contribution in [-0.2, 0) is 0 Å². The summed E-state index contributed by atoms with van der Waals surface area (Å²) in [5.41, 5.74) is 0. The lowest BCUT2D eigenvalue weighted by molar-refractivity contribution is 0.284. The monoisotopic (exact) mass is 296 g/mol. The van der Waals surface area contributed by atoms with Crippen molar-refractivity contribution in [1.82, 2.24) is 14.9 Å². The van der Waals surface area contributed by atoms with Crippen molar-refractivity contribution in [3.8, 4) is 0 Å². The van der Waals surface area contributed by atoms with E-state index in [-0.39, 0.29) is 0 Å². The van der Waals surface area contributed by atoms with E-state index in [1.807, 2.05) is 6.07 Å². The van der Waals surface area contributed by atoms with Gasteiger partial charge in [-0.3, -0.25) is 0 Å². The highest BCUT2D eigenvalue weighted by Gasteiger charge is 2.21. The number of nitrogens with zero attached hydrogens (tertiary/aromatic N) is 4. The van der Waals surface area contributed by atoms with Crippen LogP contribution in [0.25, 0.3) is 0 Å². The van der Waals surface area contributed by atoms with E-state index in [1.54, 1.807) is 0 Å². The largest absolute Gasteiger partial charge is 0.356 e. The highest BCUT2D eigenvalue weighted by molar-refractivity contribution is 6.29. The second-order valence-electron chi connectivity index (χ2n) is 6.25. The summed E-state index contributed by atoms with van der Waals surface area (Å²) in [6.45, 7) is 7.49. The van der Waals surface area contributed by atoms with Crippen molar-refractivity contribution in [2.45, 2.75) is 32.6 Å². The van der Waals surface area contributed by atoms with E-state index in [1.165, 1.54) is 19.4 Å². The first-order valence-electron chi connectivity index (χ1n) is 7.40. The van der Waals surface area contributed by atoms with Crippen molar-refractivity contribution in [3.05, 3.63) is 17.0 Å². The second-order valence-corrected chi connectivity index (χ2v) is 6.64. The first-order chi connectivity index (χ1) is 9.45. The summed E-state index contributed by atoms with van der Waals surface area (Å²) in [6.07, 6.45) is 2.44. The van der Waals surface area contributed by atoms with Gasteiger partial charge in [0.2, 0.25) is 0 Å². The van der Waals surface area contributed by atoms with Gasteiger partial charge in [0, 0.05) is 31.6 Å². The van der Waals surface area contributed by atoms with Crippen LogP contribution in [0.4, 0.5) is 5.82 Å². The minimum Gasteiger partial charge on any atom is -0.356 e. The van der Waals surface area contributed by atoms with Crippen LogP contribution in [0.5, 0.6) is 0 Å². The topological polar surface area (TPSA) is 32.3 Å². The molecule has 0 aliphatic carbocycles. The minimum absolute atomic E-state index is 0.304. The van der Waals surface area contributed by atoms with Crippen molar-refractivity contribution in [1.29, 1.82) is 0 Å². The molecule has 1 saturated heterocycles. The predicted molar refractivity (Wildman–Crippen MR) is 84.6 cm³/mol. The summed E-state index contributed by atoms with van der Waals surface area (Å²) in [4.78, 5) is 13.6. The normalized spacial score (nSPS) is 17.2. The summed E-state index contributed by atoms with van der Waals surface area (Å²) in [5.74, 6) is 2.92. The molecule has 1 aromatic heterocycles. The summed E-state index contributed by atoms with van der Waals surface area (Å²) < 4.78 is 0. The molecule has 0 amide bonds. The molecule has 0 saturated carbocycles. The molecule has 1 aliphatic rings. The summed E-state index contributed by atoms with van der Waals surface area (Å²) in [7, 11) is 4.29. The van der Waals surface area contributed by atoms with E-state index < -0.39 is 0 Å². The standard InChI is InChI=1S/C15H25ClN4/c1-11(2)15-17-13(16)9-14(18-15)20-7-5-12(6-8-20)10-19(3)4/h9,11-12H,5-8,10H2,1-4H3. The molecule has 0 radical (unpaired) electrons. The maximum atomic E-state index is 6.13. The molecule has 0 spiro atoms. The molecule has 0 N–H and O–H groups in total. The van der Waals surface area contributed by atoms with E-state index in [0.29, 0.717) is 11.1 Å². The quantitative estimate of drug-likeness (QED) is 0.800. The Morgan fingerprint density at radius 1 is 1.30 bits per heavy atom. The maximum Gasteiger partial charge on any atom is 0.135 e. The third-order valence-electron chi connectivity index (χ3n) is 3.78. The summed E-state index contributed by atoms with van der Waals surface area (Å²) in [5, 5.41) is 0.550. The number of hydrogen-bond acceptors (Lipinski definition) is 4. The summed E-state index contributed by atoms with van der Waals surface area (Å²) in [6, 6.07) is 1.89. The van der Waals surface area contributed by atoms with E-state index in [4.69, 9.17) is 11.6 Å². The lowest BCUT2D eigenvalue weighted by atomic mass is 9.96. The zero-order valence-electron chi connectivity index (χ0n) is 12.9. The Morgan fingerprint density at radius 2 is 1.95 bits per heavy atom. The van der Waals surface area contributed by atoms with Gasteiger partial charge in [0.15, 0.2) is 0 Å². The van der Waals surface area contributed by atoms with Gasteiger partial charge in [-0.1, -0.05) is 25.4 Å². The van der Waals surface area contributed by atoms with Crippen LogP contribution >= 0.6 is 11.6 Å². The van der Waals surface area contributed by atoms with E-state index in [0.717, 1.165) is 30.6 Å². The first kappa shape index (κ1) is 15.5. The van der Waals surface area contributed by atoms with Gasteiger partial charge >= 0.3 is 0 Å². The molecular weight excluding hydrogens is 272 g/mol. The molecule has 4 nitrogen and oxygen atoms in total. The van der Waals surface area contributed by atoms with Gasteiger partial charge < -0.3 is 9.80 Å². The smallest absolute Gasteiger partial charge is 0.135 e. The van der Waals surface area contributed by atoms with Crippen molar-refractivity contribution >= 4 is 17.4 Å². The van der Waals surface area contributed by atoms with Gasteiger partial charge in [0.05, 0.1) is 0 Å². The van der Waals surface area contributed by atoms with Crippen LogP contribution < -0.4 is 4.90 Å². The van der Waals surface area contributed by atoms with Crippen LogP contribution in [0.1, 0.15) is 38.4 Å². The molecule has 1 aliphatic heterocycles. The average Bonchev–Trinajstić information content (AvgIpc) is 2.38. The average molecular weight is 297 g/mol. The van der Waals surface area contributed by atoms with Crippen LogP contribution in [0.2, 0.25) is 5.15 Å². The first-order valence-corrected chi connectivity index (χ1v) is 7.77. The highest BCUT2D eigenvalue weighted by Crippen LogP contribution is 2.25. The van der Waals surface area contributed by atoms with Crippen molar-refractivity contribution in [2.75, 3.05) is 38.6 Å². The highest BCUT2D eigenvalue weighted by atomic mass is 35.5. The Hall–Kier alpha value is -0.870. The molecule has 0 atom stereocenters. The van der Waals surface area contributed by atoms with Crippen molar-refractivity contribution in [2.24, 2.45) is 5.92 Å². The third kappa shape index (κ3) is 4.06. The van der Waals surface area contributed by atoms with Crippen molar-refractivity contribution < 1.29 is 0 Å². The third-order valence-corrected chi connectivity index (χ3v) is 3.97. The van der Waals surface area contributed by atoms with Gasteiger partial charge in [-0.2, -0.15) is 0 Å². The van der Waals surface area contributed by atoms with Crippen LogP contribution in [-0.4, -0.2) is 48.6 Å². The second kappa shape index (κ2) is 6.72. The van der Waals surface area contributed by atoms with Crippen LogP contribution in [0.3, 0.4) is 0 Å². The van der Waals surface area contributed by atoms with Gasteiger partial charge in [-0.05, 0) is 32.9 Å². The fourth-order valence-electron chi connectivity index (χ4n) is 2.70. The van der Waals surface area contributed by atoms with E-state index >= 15 is 0 Å². The molecule has 0 bridgehead atoms. The zero-order valence-corrected chi connectivity index (χ0v) is 13.7. The van der Waals surface area contributed by atoms with Gasteiger partial charge in [-0.25, -0.2) is 9.97 Å². The van der Waals surface area contributed by atoms with Crippen LogP contribution in [0.15, 0.2) is 6.07 Å². The molecule has 0 aromatic carbocycles. The van der Waals surface area contributed by atoms with E-state index in [9.17, 15) is 0 Å². The van der Waals surface area contributed by atoms with Gasteiger partial charge in [0.1, 0.15) is 16.8 Å². The molecule has 2 rings (SSSR count). The SMILES string of the molecule is CC(C)c1nc(Cl)cc(N2CCC(CN(C)C)CC2)n1. The maximum absolute atomic E-state index is 6.13. The Bertz CT molecular complexity index is 439. The fraction of sp³-hybridized carbons (Fsp3) is 0.733. The fourth-order valence-corrected chi connectivity index (χ4v) is 2.89. The number of halogens is 1. The molecule has 0 unspecified atom stereocenters. The summed E-state index contributed by atoms with van der Waals surface area (Å²) >= 11 is 6.13. The minimum atomic E-state index is 0.304. The molecule has 2 heterocycles. The lowest BCUT2D eigenvalue weighted by Gasteiger charge is -2.34. The molecular formula is C15H25ClN4. The Balaban J connectivity index is 2.03. The number of hydrogen-bond donors (Lipinski definition) is 0. The Labute approximate surface area is 127 Å². The van der Waals surface area contributed by atoms with E-state index in [2.05, 4.69) is 47.7 Å². The Morgan fingerprint density at radius 3 is 2.50 bits per heavy atom. The molecule has 20 heavy (non-hydrogen) atoms. The number of rotatable bonds is 4. The molecule has 5 heteroatoms. The molecule has 112 valence electrons. The Kier molecular flexibility index (Phi) is 5.22.